The standard InChI is InChI=1S/C22H14ClN5O/c23-14-10-11-18-16(12-14)22(21(29)24-18)26-17-9-5-4-8-15(17)20-25-19(27-28(20)22)13-6-2-1-3-7-13/h1-12,26H,(H,24,29)/t22-/m0/s1. The van der Waals surface area contributed by atoms with E-state index in [1.54, 1.807) is 22.9 Å². The third-order valence-corrected chi connectivity index (χ3v) is 5.62. The van der Waals surface area contributed by atoms with E-state index in [0.717, 1.165) is 22.4 Å². The lowest BCUT2D eigenvalue weighted by Gasteiger charge is -2.35. The number of halogens is 1. The maximum atomic E-state index is 13.3. The fraction of sp³-hybridized carbons (Fsp3) is 0.0455. The molecule has 0 radical (unpaired) electrons. The minimum atomic E-state index is -1.26. The molecule has 6 nitrogen and oxygen atoms in total. The Hall–Kier alpha value is -3.64. The molecule has 1 spiro atoms. The Morgan fingerprint density at radius 1 is 0.931 bits per heavy atom. The van der Waals surface area contributed by atoms with Crippen LogP contribution in [0.15, 0.2) is 72.8 Å². The molecule has 7 heteroatoms. The highest BCUT2D eigenvalue weighted by Gasteiger charge is 2.53. The average molecular weight is 400 g/mol. The predicted molar refractivity (Wildman–Crippen MR) is 112 cm³/mol. The summed E-state index contributed by atoms with van der Waals surface area (Å²) in [5, 5.41) is 11.7. The number of rotatable bonds is 1. The second-order valence-corrected chi connectivity index (χ2v) is 7.50. The number of hydrogen-bond donors (Lipinski definition) is 2. The van der Waals surface area contributed by atoms with Gasteiger partial charge in [-0.05, 0) is 30.3 Å². The first-order valence-corrected chi connectivity index (χ1v) is 9.57. The Kier molecular flexibility index (Phi) is 3.20. The van der Waals surface area contributed by atoms with Crippen LogP contribution in [0.2, 0.25) is 5.02 Å². The Labute approximate surface area is 171 Å². The SMILES string of the molecule is O=C1Nc2ccc(Cl)cc2[C@@]12Nc1ccccc1-c1nc(-c3ccccc3)nn12. The van der Waals surface area contributed by atoms with Gasteiger partial charge in [-0.2, -0.15) is 0 Å². The first-order valence-electron chi connectivity index (χ1n) is 9.19. The van der Waals surface area contributed by atoms with Gasteiger partial charge in [-0.1, -0.05) is 54.1 Å². The number of carbonyl (C=O) groups is 1. The zero-order chi connectivity index (χ0) is 19.6. The number of aromatic nitrogens is 3. The van der Waals surface area contributed by atoms with Crippen molar-refractivity contribution in [1.82, 2.24) is 14.8 Å². The van der Waals surface area contributed by atoms with Crippen LogP contribution in [0.4, 0.5) is 11.4 Å². The van der Waals surface area contributed by atoms with Gasteiger partial charge in [0, 0.05) is 33.1 Å². The zero-order valence-corrected chi connectivity index (χ0v) is 15.8. The van der Waals surface area contributed by atoms with Crippen molar-refractivity contribution in [3.8, 4) is 22.8 Å². The fourth-order valence-electron chi connectivity index (χ4n) is 4.06. The smallest absolute Gasteiger partial charge is 0.278 e. The molecule has 1 amide bonds. The van der Waals surface area contributed by atoms with Crippen molar-refractivity contribution in [2.24, 2.45) is 0 Å². The van der Waals surface area contributed by atoms with E-state index in [1.807, 2.05) is 54.6 Å². The molecule has 2 aliphatic rings. The molecular formula is C22H14ClN5O. The number of para-hydroxylation sites is 1. The predicted octanol–water partition coefficient (Wildman–Crippen LogP) is 4.34. The van der Waals surface area contributed by atoms with E-state index in [2.05, 4.69) is 10.6 Å². The van der Waals surface area contributed by atoms with Gasteiger partial charge in [0.25, 0.3) is 5.91 Å². The first-order chi connectivity index (χ1) is 14.2. The second kappa shape index (κ2) is 5.68. The lowest BCUT2D eigenvalue weighted by Crippen LogP contribution is -2.51. The maximum absolute atomic E-state index is 13.3. The molecule has 140 valence electrons. The van der Waals surface area contributed by atoms with Gasteiger partial charge in [0.15, 0.2) is 11.6 Å². The lowest BCUT2D eigenvalue weighted by molar-refractivity contribution is -0.121. The van der Waals surface area contributed by atoms with Crippen molar-refractivity contribution >= 4 is 28.9 Å². The highest BCUT2D eigenvalue weighted by Crippen LogP contribution is 2.47. The molecule has 29 heavy (non-hydrogen) atoms. The molecule has 0 bridgehead atoms. The van der Waals surface area contributed by atoms with Gasteiger partial charge in [0.05, 0.1) is 0 Å². The summed E-state index contributed by atoms with van der Waals surface area (Å²) >= 11 is 6.29. The Balaban J connectivity index is 1.68. The van der Waals surface area contributed by atoms with Gasteiger partial charge in [-0.15, -0.1) is 5.10 Å². The number of amides is 1. The summed E-state index contributed by atoms with van der Waals surface area (Å²) in [6, 6.07) is 22.9. The quantitative estimate of drug-likeness (QED) is 0.499. The van der Waals surface area contributed by atoms with Crippen molar-refractivity contribution in [2.75, 3.05) is 10.6 Å². The molecule has 3 heterocycles. The number of anilines is 2. The highest BCUT2D eigenvalue weighted by atomic mass is 35.5. The number of fused-ring (bicyclic) bond motifs is 6. The summed E-state index contributed by atoms with van der Waals surface area (Å²) in [7, 11) is 0. The molecule has 2 N–H and O–H groups in total. The van der Waals surface area contributed by atoms with Crippen LogP contribution in [0, 0.1) is 0 Å². The van der Waals surface area contributed by atoms with Crippen molar-refractivity contribution in [3.63, 3.8) is 0 Å². The van der Waals surface area contributed by atoms with Crippen molar-refractivity contribution in [1.29, 1.82) is 0 Å². The molecule has 0 unspecified atom stereocenters. The fourth-order valence-corrected chi connectivity index (χ4v) is 4.23. The molecule has 0 aliphatic carbocycles. The van der Waals surface area contributed by atoms with Crippen molar-refractivity contribution in [3.05, 3.63) is 83.4 Å². The summed E-state index contributed by atoms with van der Waals surface area (Å²) in [6.45, 7) is 0. The normalized spacial score (nSPS) is 18.6. The van der Waals surface area contributed by atoms with Gasteiger partial charge >= 0.3 is 0 Å². The number of hydrogen-bond acceptors (Lipinski definition) is 4. The van der Waals surface area contributed by atoms with Crippen LogP contribution in [0.1, 0.15) is 5.56 Å². The molecule has 3 aromatic carbocycles. The van der Waals surface area contributed by atoms with E-state index in [9.17, 15) is 4.79 Å². The number of benzene rings is 3. The van der Waals surface area contributed by atoms with Crippen molar-refractivity contribution in [2.45, 2.75) is 5.66 Å². The van der Waals surface area contributed by atoms with Crippen LogP contribution < -0.4 is 10.6 Å². The van der Waals surface area contributed by atoms with Gasteiger partial charge < -0.3 is 10.6 Å². The summed E-state index contributed by atoms with van der Waals surface area (Å²) in [5.41, 5.74) is 2.74. The van der Waals surface area contributed by atoms with Gasteiger partial charge in [0.2, 0.25) is 5.66 Å². The molecule has 0 fully saturated rings. The summed E-state index contributed by atoms with van der Waals surface area (Å²) in [4.78, 5) is 18.1. The number of carbonyl (C=O) groups excluding carboxylic acids is 1. The van der Waals surface area contributed by atoms with Gasteiger partial charge in [0.1, 0.15) is 0 Å². The largest absolute Gasteiger partial charge is 0.349 e. The van der Waals surface area contributed by atoms with E-state index in [0.29, 0.717) is 22.4 Å². The molecule has 1 atom stereocenters. The average Bonchev–Trinajstić information content (AvgIpc) is 3.31. The molecular weight excluding hydrogens is 386 g/mol. The monoisotopic (exact) mass is 399 g/mol. The van der Waals surface area contributed by atoms with Gasteiger partial charge in [-0.25, -0.2) is 9.67 Å². The minimum absolute atomic E-state index is 0.227. The van der Waals surface area contributed by atoms with Crippen LogP contribution in [-0.4, -0.2) is 20.7 Å². The van der Waals surface area contributed by atoms with Crippen molar-refractivity contribution < 1.29 is 4.79 Å². The molecule has 4 aromatic rings. The van der Waals surface area contributed by atoms with E-state index >= 15 is 0 Å². The molecule has 0 saturated carbocycles. The van der Waals surface area contributed by atoms with Crippen LogP contribution in [0.25, 0.3) is 22.8 Å². The van der Waals surface area contributed by atoms with E-state index in [1.165, 1.54) is 0 Å². The summed E-state index contributed by atoms with van der Waals surface area (Å²) in [6.07, 6.45) is 0. The van der Waals surface area contributed by atoms with Crippen LogP contribution in [0.3, 0.4) is 0 Å². The van der Waals surface area contributed by atoms with E-state index in [-0.39, 0.29) is 5.91 Å². The van der Waals surface area contributed by atoms with E-state index < -0.39 is 5.66 Å². The Morgan fingerprint density at radius 2 is 1.72 bits per heavy atom. The molecule has 2 aliphatic heterocycles. The molecule has 1 aromatic heterocycles. The highest BCUT2D eigenvalue weighted by molar-refractivity contribution is 6.31. The Bertz CT molecular complexity index is 1300. The minimum Gasteiger partial charge on any atom is -0.349 e. The summed E-state index contributed by atoms with van der Waals surface area (Å²) in [5.74, 6) is 0.956. The molecule has 0 saturated heterocycles. The van der Waals surface area contributed by atoms with Crippen LogP contribution in [0.5, 0.6) is 0 Å². The van der Waals surface area contributed by atoms with E-state index in [4.69, 9.17) is 21.7 Å². The van der Waals surface area contributed by atoms with Crippen LogP contribution >= 0.6 is 11.6 Å². The number of nitrogens with zero attached hydrogens (tertiary/aromatic N) is 3. The topological polar surface area (TPSA) is 71.8 Å². The van der Waals surface area contributed by atoms with Crippen LogP contribution in [-0.2, 0) is 10.5 Å². The second-order valence-electron chi connectivity index (χ2n) is 7.06. The molecule has 6 rings (SSSR count). The maximum Gasteiger partial charge on any atom is 0.278 e. The zero-order valence-electron chi connectivity index (χ0n) is 15.1. The first kappa shape index (κ1) is 16.3. The number of nitrogens with one attached hydrogen (secondary N) is 2. The summed E-state index contributed by atoms with van der Waals surface area (Å²) < 4.78 is 1.68. The third-order valence-electron chi connectivity index (χ3n) is 5.39. The lowest BCUT2D eigenvalue weighted by atomic mass is 9.96. The Morgan fingerprint density at radius 3 is 2.59 bits per heavy atom. The van der Waals surface area contributed by atoms with Gasteiger partial charge in [-0.3, -0.25) is 4.79 Å². The third kappa shape index (κ3) is 2.14.